The van der Waals surface area contributed by atoms with Crippen molar-refractivity contribution in [1.82, 2.24) is 25.5 Å². The largest absolute Gasteiger partial charge is 0.380 e. The molecule has 3 aromatic heterocycles. The molecular weight excluding hydrogens is 252 g/mol. The van der Waals surface area contributed by atoms with Gasteiger partial charge in [-0.05, 0) is 19.0 Å². The predicted molar refractivity (Wildman–Crippen MR) is 78.6 cm³/mol. The third-order valence-electron chi connectivity index (χ3n) is 3.80. The molecule has 6 nitrogen and oxygen atoms in total. The van der Waals surface area contributed by atoms with Crippen molar-refractivity contribution in [2.24, 2.45) is 0 Å². The fourth-order valence-electron chi connectivity index (χ4n) is 2.76. The summed E-state index contributed by atoms with van der Waals surface area (Å²) >= 11 is 0. The molecule has 20 heavy (non-hydrogen) atoms. The maximum atomic E-state index is 4.48. The Labute approximate surface area is 116 Å². The van der Waals surface area contributed by atoms with Gasteiger partial charge in [0.25, 0.3) is 0 Å². The zero-order chi connectivity index (χ0) is 13.4. The third-order valence-corrected chi connectivity index (χ3v) is 3.80. The lowest BCUT2D eigenvalue weighted by molar-refractivity contribution is 0.795. The molecule has 0 bridgehead atoms. The number of hydrogen-bond donors (Lipinski definition) is 4. The second-order valence-corrected chi connectivity index (χ2v) is 5.11. The van der Waals surface area contributed by atoms with Gasteiger partial charge in [0.05, 0.1) is 11.9 Å². The first-order valence-corrected chi connectivity index (χ1v) is 6.84. The summed E-state index contributed by atoms with van der Waals surface area (Å²) in [5, 5.41) is 15.1. The zero-order valence-electron chi connectivity index (χ0n) is 11.0. The third kappa shape index (κ3) is 1.85. The van der Waals surface area contributed by atoms with Crippen molar-refractivity contribution < 1.29 is 0 Å². The Morgan fingerprint density at radius 2 is 2.30 bits per heavy atom. The van der Waals surface area contributed by atoms with Crippen molar-refractivity contribution in [2.75, 3.05) is 18.4 Å². The van der Waals surface area contributed by atoms with E-state index in [4.69, 9.17) is 0 Å². The van der Waals surface area contributed by atoms with Gasteiger partial charge in [-0.2, -0.15) is 5.10 Å². The minimum Gasteiger partial charge on any atom is -0.380 e. The summed E-state index contributed by atoms with van der Waals surface area (Å²) in [5.41, 5.74) is 4.17. The predicted octanol–water partition coefficient (Wildman–Crippen LogP) is 1.73. The quantitative estimate of drug-likeness (QED) is 0.583. The number of nitrogens with one attached hydrogen (secondary N) is 4. The number of anilines is 1. The highest BCUT2D eigenvalue weighted by Crippen LogP contribution is 2.33. The Balaban J connectivity index is 1.84. The highest BCUT2D eigenvalue weighted by molar-refractivity contribution is 5.98. The summed E-state index contributed by atoms with van der Waals surface area (Å²) in [5.74, 6) is 0. The van der Waals surface area contributed by atoms with Crippen LogP contribution in [0.1, 0.15) is 6.42 Å². The zero-order valence-corrected chi connectivity index (χ0v) is 11.0. The van der Waals surface area contributed by atoms with Gasteiger partial charge in [0.15, 0.2) is 0 Å². The topological polar surface area (TPSA) is 81.4 Å². The smallest absolute Gasteiger partial charge is 0.139 e. The summed E-state index contributed by atoms with van der Waals surface area (Å²) < 4.78 is 0. The molecule has 1 atom stereocenters. The van der Waals surface area contributed by atoms with E-state index in [0.717, 1.165) is 47.4 Å². The molecule has 0 saturated carbocycles. The fourth-order valence-corrected chi connectivity index (χ4v) is 2.76. The highest BCUT2D eigenvalue weighted by Gasteiger charge is 2.18. The molecule has 4 N–H and O–H groups in total. The second-order valence-electron chi connectivity index (χ2n) is 5.11. The Morgan fingerprint density at radius 3 is 3.10 bits per heavy atom. The lowest BCUT2D eigenvalue weighted by atomic mass is 10.1. The molecule has 102 valence electrons. The van der Waals surface area contributed by atoms with Crippen LogP contribution in [0.3, 0.4) is 0 Å². The molecular formula is C14H16N6. The van der Waals surface area contributed by atoms with E-state index in [0.29, 0.717) is 6.04 Å². The average Bonchev–Trinajstić information content (AvgIpc) is 3.21. The molecule has 0 amide bonds. The van der Waals surface area contributed by atoms with E-state index < -0.39 is 0 Å². The van der Waals surface area contributed by atoms with Gasteiger partial charge in [-0.15, -0.1) is 0 Å². The Morgan fingerprint density at radius 1 is 1.30 bits per heavy atom. The van der Waals surface area contributed by atoms with Crippen LogP contribution in [0.25, 0.3) is 22.2 Å². The van der Waals surface area contributed by atoms with Crippen molar-refractivity contribution in [3.05, 3.63) is 30.9 Å². The van der Waals surface area contributed by atoms with Crippen molar-refractivity contribution in [3.8, 4) is 11.1 Å². The molecule has 3 aromatic rings. The van der Waals surface area contributed by atoms with Crippen LogP contribution in [-0.2, 0) is 0 Å². The molecule has 1 aliphatic heterocycles. The van der Waals surface area contributed by atoms with E-state index in [1.807, 2.05) is 24.8 Å². The van der Waals surface area contributed by atoms with Gasteiger partial charge in [0, 0.05) is 47.7 Å². The second kappa shape index (κ2) is 4.64. The van der Waals surface area contributed by atoms with E-state index in [9.17, 15) is 0 Å². The van der Waals surface area contributed by atoms with Crippen LogP contribution >= 0.6 is 0 Å². The minimum atomic E-state index is 0.459. The molecule has 0 aliphatic carbocycles. The molecule has 0 aromatic carbocycles. The number of pyridine rings is 1. The molecule has 6 heteroatoms. The van der Waals surface area contributed by atoms with Gasteiger partial charge in [0.2, 0.25) is 0 Å². The molecule has 0 unspecified atom stereocenters. The molecule has 0 radical (unpaired) electrons. The molecule has 1 saturated heterocycles. The summed E-state index contributed by atoms with van der Waals surface area (Å²) in [6, 6.07) is 2.53. The number of aromatic nitrogens is 4. The van der Waals surface area contributed by atoms with Crippen LogP contribution in [0.2, 0.25) is 0 Å². The number of nitrogens with zero attached hydrogens (tertiary/aromatic N) is 2. The highest BCUT2D eigenvalue weighted by atomic mass is 15.1. The number of fused-ring (bicyclic) bond motifs is 1. The monoisotopic (exact) mass is 268 g/mol. The fraction of sp³-hybridized carbons (Fsp3) is 0.286. The van der Waals surface area contributed by atoms with E-state index in [-0.39, 0.29) is 0 Å². The number of hydrogen-bond acceptors (Lipinski definition) is 4. The maximum Gasteiger partial charge on any atom is 0.139 e. The number of aromatic amines is 2. The summed E-state index contributed by atoms with van der Waals surface area (Å²) in [4.78, 5) is 7.65. The van der Waals surface area contributed by atoms with Gasteiger partial charge >= 0.3 is 0 Å². The normalized spacial score (nSPS) is 18.7. The Kier molecular flexibility index (Phi) is 2.67. The summed E-state index contributed by atoms with van der Waals surface area (Å²) in [7, 11) is 0. The van der Waals surface area contributed by atoms with Crippen LogP contribution in [0.4, 0.5) is 5.69 Å². The van der Waals surface area contributed by atoms with Gasteiger partial charge in [-0.3, -0.25) is 5.10 Å². The molecule has 0 spiro atoms. The molecule has 4 rings (SSSR count). The van der Waals surface area contributed by atoms with Crippen LogP contribution in [0.5, 0.6) is 0 Å². The van der Waals surface area contributed by atoms with Gasteiger partial charge < -0.3 is 15.6 Å². The van der Waals surface area contributed by atoms with Crippen molar-refractivity contribution in [1.29, 1.82) is 0 Å². The minimum absolute atomic E-state index is 0.459. The number of rotatable bonds is 3. The number of H-pyrrole nitrogens is 2. The van der Waals surface area contributed by atoms with Crippen LogP contribution < -0.4 is 10.6 Å². The average molecular weight is 268 g/mol. The SMILES string of the molecule is c1cc2c(N[C@@H]3CCNC3)c(-c3cn[nH]c3)cnc2[nH]1. The van der Waals surface area contributed by atoms with Crippen molar-refractivity contribution >= 4 is 16.7 Å². The standard InChI is InChI=1S/C14H16N6/c1-3-15-7-10(1)20-13-11-2-4-16-14(11)17-8-12(13)9-5-18-19-6-9/h2,4-6,8,10,15H,1,3,7H2,(H,18,19)(H2,16,17,20)/t10-/m1/s1. The Hall–Kier alpha value is -2.34. The van der Waals surface area contributed by atoms with E-state index in [2.05, 4.69) is 36.9 Å². The van der Waals surface area contributed by atoms with E-state index >= 15 is 0 Å². The summed E-state index contributed by atoms with van der Waals surface area (Å²) in [6.45, 7) is 2.07. The lowest BCUT2D eigenvalue weighted by Crippen LogP contribution is -2.22. The van der Waals surface area contributed by atoms with Crippen LogP contribution in [-0.4, -0.2) is 39.3 Å². The van der Waals surface area contributed by atoms with Gasteiger partial charge in [0.1, 0.15) is 5.65 Å². The first-order chi connectivity index (χ1) is 9.92. The van der Waals surface area contributed by atoms with Gasteiger partial charge in [-0.1, -0.05) is 0 Å². The van der Waals surface area contributed by atoms with Crippen LogP contribution in [0.15, 0.2) is 30.9 Å². The first kappa shape index (κ1) is 11.5. The van der Waals surface area contributed by atoms with E-state index in [1.165, 1.54) is 0 Å². The maximum absolute atomic E-state index is 4.48. The molecule has 4 heterocycles. The van der Waals surface area contributed by atoms with Crippen LogP contribution in [0, 0.1) is 0 Å². The Bertz CT molecular complexity index is 708. The first-order valence-electron chi connectivity index (χ1n) is 6.84. The molecule has 1 fully saturated rings. The van der Waals surface area contributed by atoms with Crippen molar-refractivity contribution in [2.45, 2.75) is 12.5 Å². The van der Waals surface area contributed by atoms with E-state index in [1.54, 1.807) is 0 Å². The molecule has 1 aliphatic rings. The van der Waals surface area contributed by atoms with Crippen molar-refractivity contribution in [3.63, 3.8) is 0 Å². The summed E-state index contributed by atoms with van der Waals surface area (Å²) in [6.07, 6.45) is 8.68. The lowest BCUT2D eigenvalue weighted by Gasteiger charge is -2.17. The van der Waals surface area contributed by atoms with Gasteiger partial charge in [-0.25, -0.2) is 4.98 Å².